The topological polar surface area (TPSA) is 70.8 Å². The molecule has 0 amide bonds. The van der Waals surface area contributed by atoms with Crippen molar-refractivity contribution in [3.05, 3.63) is 17.7 Å². The zero-order valence-electron chi connectivity index (χ0n) is 15.5. The summed E-state index contributed by atoms with van der Waals surface area (Å²) in [6, 6.07) is 4.31. The number of carbonyl (C=O) groups excluding carboxylic acids is 1. The second kappa shape index (κ2) is 8.60. The fourth-order valence-corrected chi connectivity index (χ4v) is 3.80. The van der Waals surface area contributed by atoms with Crippen molar-refractivity contribution >= 4 is 11.7 Å². The van der Waals surface area contributed by atoms with E-state index in [4.69, 9.17) is 19.0 Å². The molecule has 2 saturated heterocycles. The van der Waals surface area contributed by atoms with Crippen molar-refractivity contribution < 1.29 is 41.1 Å². The van der Waals surface area contributed by atoms with Crippen LogP contribution in [0.3, 0.4) is 0 Å². The quantitative estimate of drug-likeness (QED) is 0.473. The molecular weight excluding hydrogens is 360 g/mol. The van der Waals surface area contributed by atoms with E-state index in [2.05, 4.69) is 12.2 Å². The fraction of sp³-hybridized carbons (Fsp3) is 0.556. The van der Waals surface area contributed by atoms with Crippen LogP contribution in [0.15, 0.2) is 17.3 Å². The largest absolute Gasteiger partial charge is 1.00 e. The molecule has 3 rings (SSSR count). The molecule has 2 unspecified atom stereocenters. The SMILES string of the molecule is COc1cc(C(=O)ON=C2CC3CCC(C2)[NH+]3C)cc(OC)c1OC.[Cl-]. The molecule has 0 aliphatic carbocycles. The van der Waals surface area contributed by atoms with E-state index >= 15 is 0 Å². The van der Waals surface area contributed by atoms with Gasteiger partial charge in [0.1, 0.15) is 0 Å². The monoisotopic (exact) mass is 384 g/mol. The summed E-state index contributed by atoms with van der Waals surface area (Å²) in [6.45, 7) is 0. The van der Waals surface area contributed by atoms with Crippen molar-refractivity contribution in [1.29, 1.82) is 0 Å². The Balaban J connectivity index is 0.00000243. The first-order valence-electron chi connectivity index (χ1n) is 8.47. The fourth-order valence-electron chi connectivity index (χ4n) is 3.80. The number of hydrogen-bond acceptors (Lipinski definition) is 6. The van der Waals surface area contributed by atoms with Gasteiger partial charge in [0, 0.05) is 25.7 Å². The second-order valence-corrected chi connectivity index (χ2v) is 6.57. The summed E-state index contributed by atoms with van der Waals surface area (Å²) in [4.78, 5) is 19.1. The van der Waals surface area contributed by atoms with Crippen molar-refractivity contribution in [2.75, 3.05) is 28.4 Å². The third-order valence-corrected chi connectivity index (χ3v) is 5.27. The first-order valence-corrected chi connectivity index (χ1v) is 8.47. The molecule has 1 aromatic rings. The van der Waals surface area contributed by atoms with Crippen LogP contribution in [0, 0.1) is 0 Å². The molecular formula is C18H25ClN2O5. The Morgan fingerprint density at radius 3 is 2.04 bits per heavy atom. The van der Waals surface area contributed by atoms with Crippen LogP contribution in [0.25, 0.3) is 0 Å². The molecule has 144 valence electrons. The number of rotatable bonds is 5. The van der Waals surface area contributed by atoms with Crippen LogP contribution in [0.2, 0.25) is 0 Å². The third kappa shape index (κ3) is 3.88. The van der Waals surface area contributed by atoms with Gasteiger partial charge in [0.15, 0.2) is 11.5 Å². The number of quaternary nitrogens is 1. The summed E-state index contributed by atoms with van der Waals surface area (Å²) in [5.74, 6) is 0.706. The molecule has 2 aliphatic rings. The van der Waals surface area contributed by atoms with Crippen LogP contribution in [0.5, 0.6) is 17.2 Å². The predicted molar refractivity (Wildman–Crippen MR) is 91.9 cm³/mol. The van der Waals surface area contributed by atoms with Crippen LogP contribution >= 0.6 is 0 Å². The molecule has 2 heterocycles. The first-order chi connectivity index (χ1) is 12.1. The number of benzene rings is 1. The number of carbonyl (C=O) groups is 1. The standard InChI is InChI=1S/C18H24N2O5.ClH/c1-20-13-5-6-14(20)10-12(9-13)19-25-18(21)11-7-15(22-2)17(24-4)16(8-11)23-3;/h7-8,13-14H,5-6,9-10H2,1-4H3;1H. The van der Waals surface area contributed by atoms with E-state index in [1.165, 1.54) is 34.2 Å². The highest BCUT2D eigenvalue weighted by Gasteiger charge is 2.41. The minimum absolute atomic E-state index is 0. The van der Waals surface area contributed by atoms with Crippen LogP contribution in [0.1, 0.15) is 36.0 Å². The predicted octanol–water partition coefficient (Wildman–Crippen LogP) is -1.93. The summed E-state index contributed by atoms with van der Waals surface area (Å²) in [5.41, 5.74) is 1.28. The number of oxime groups is 1. The van der Waals surface area contributed by atoms with Gasteiger partial charge in [-0.05, 0) is 12.1 Å². The van der Waals surface area contributed by atoms with Crippen LogP contribution in [-0.2, 0) is 4.84 Å². The summed E-state index contributed by atoms with van der Waals surface area (Å²) in [6.07, 6.45) is 4.22. The number of nitrogens with one attached hydrogen (secondary N) is 1. The maximum Gasteiger partial charge on any atom is 0.365 e. The summed E-state index contributed by atoms with van der Waals surface area (Å²) >= 11 is 0. The Morgan fingerprint density at radius 2 is 1.58 bits per heavy atom. The summed E-state index contributed by atoms with van der Waals surface area (Å²) in [5, 5.41) is 4.13. The van der Waals surface area contributed by atoms with Gasteiger partial charge in [-0.1, -0.05) is 5.16 Å². The zero-order chi connectivity index (χ0) is 18.0. The zero-order valence-corrected chi connectivity index (χ0v) is 16.3. The van der Waals surface area contributed by atoms with E-state index in [-0.39, 0.29) is 12.4 Å². The Morgan fingerprint density at radius 1 is 1.04 bits per heavy atom. The molecule has 2 bridgehead atoms. The van der Waals surface area contributed by atoms with Crippen molar-refractivity contribution in [3.63, 3.8) is 0 Å². The molecule has 2 atom stereocenters. The number of hydrogen-bond donors (Lipinski definition) is 1. The van der Waals surface area contributed by atoms with Crippen LogP contribution in [0.4, 0.5) is 0 Å². The number of fused-ring (bicyclic) bond motifs is 2. The van der Waals surface area contributed by atoms with E-state index in [9.17, 15) is 4.79 Å². The molecule has 8 heteroatoms. The highest BCUT2D eigenvalue weighted by molar-refractivity contribution is 5.92. The Hall–Kier alpha value is -1.99. The third-order valence-electron chi connectivity index (χ3n) is 5.27. The summed E-state index contributed by atoms with van der Waals surface area (Å²) in [7, 11) is 6.76. The molecule has 0 aromatic heterocycles. The normalized spacial score (nSPS) is 23.7. The summed E-state index contributed by atoms with van der Waals surface area (Å²) < 4.78 is 15.8. The van der Waals surface area contributed by atoms with Gasteiger partial charge in [0.25, 0.3) is 0 Å². The average molecular weight is 385 g/mol. The van der Waals surface area contributed by atoms with Crippen molar-refractivity contribution in [1.82, 2.24) is 0 Å². The van der Waals surface area contributed by atoms with Crippen molar-refractivity contribution in [2.45, 2.75) is 37.8 Å². The van der Waals surface area contributed by atoms with E-state index in [0.29, 0.717) is 34.9 Å². The minimum atomic E-state index is -0.537. The van der Waals surface area contributed by atoms with Gasteiger partial charge in [-0.25, -0.2) is 4.79 Å². The molecule has 0 radical (unpaired) electrons. The van der Waals surface area contributed by atoms with Gasteiger partial charge >= 0.3 is 5.97 Å². The van der Waals surface area contributed by atoms with Crippen molar-refractivity contribution in [3.8, 4) is 17.2 Å². The molecule has 0 saturated carbocycles. The van der Waals surface area contributed by atoms with E-state index < -0.39 is 5.97 Å². The highest BCUT2D eigenvalue weighted by atomic mass is 35.5. The van der Waals surface area contributed by atoms with E-state index in [0.717, 1.165) is 18.6 Å². The van der Waals surface area contributed by atoms with E-state index in [1.807, 2.05) is 0 Å². The van der Waals surface area contributed by atoms with Gasteiger partial charge < -0.3 is 36.4 Å². The lowest BCUT2D eigenvalue weighted by atomic mass is 10.0. The molecule has 2 fully saturated rings. The van der Waals surface area contributed by atoms with E-state index in [1.54, 1.807) is 17.0 Å². The smallest absolute Gasteiger partial charge is 0.365 e. The Labute approximate surface area is 159 Å². The van der Waals surface area contributed by atoms with Gasteiger partial charge in [0.2, 0.25) is 5.75 Å². The molecule has 1 aromatic carbocycles. The second-order valence-electron chi connectivity index (χ2n) is 6.57. The Kier molecular flexibility index (Phi) is 6.72. The number of piperidine rings is 1. The maximum atomic E-state index is 12.4. The highest BCUT2D eigenvalue weighted by Crippen LogP contribution is 2.38. The number of halogens is 1. The Bertz CT molecular complexity index is 653. The molecule has 7 nitrogen and oxygen atoms in total. The molecule has 1 N–H and O–H groups in total. The van der Waals surface area contributed by atoms with Gasteiger partial charge in [0.05, 0.1) is 51.7 Å². The molecule has 0 spiro atoms. The van der Waals surface area contributed by atoms with Crippen LogP contribution < -0.4 is 31.5 Å². The van der Waals surface area contributed by atoms with Gasteiger partial charge in [-0.2, -0.15) is 0 Å². The lowest BCUT2D eigenvalue weighted by Crippen LogP contribution is -3.15. The molecule has 26 heavy (non-hydrogen) atoms. The lowest BCUT2D eigenvalue weighted by molar-refractivity contribution is -0.917. The van der Waals surface area contributed by atoms with Gasteiger partial charge in [-0.3, -0.25) is 0 Å². The average Bonchev–Trinajstić information content (AvgIpc) is 2.85. The maximum absolute atomic E-state index is 12.4. The minimum Gasteiger partial charge on any atom is -1.00 e. The van der Waals surface area contributed by atoms with Gasteiger partial charge in [-0.15, -0.1) is 0 Å². The first kappa shape index (κ1) is 20.3. The van der Waals surface area contributed by atoms with Crippen molar-refractivity contribution in [2.24, 2.45) is 5.16 Å². The lowest BCUT2D eigenvalue weighted by Gasteiger charge is -2.28. The van der Waals surface area contributed by atoms with Crippen LogP contribution in [-0.4, -0.2) is 52.1 Å². The number of ether oxygens (including phenoxy) is 3. The number of nitrogens with zero attached hydrogens (tertiary/aromatic N) is 1. The molecule has 2 aliphatic heterocycles. The number of methoxy groups -OCH3 is 3.